The van der Waals surface area contributed by atoms with Crippen LogP contribution in [0.4, 0.5) is 0 Å². The Labute approximate surface area is 117 Å². The first-order valence-electron chi connectivity index (χ1n) is 6.76. The Bertz CT molecular complexity index is 368. The maximum atomic E-state index is 12.5. The van der Waals surface area contributed by atoms with Crippen molar-refractivity contribution >= 4 is 10.2 Å². The molecule has 0 aromatic heterocycles. The first-order valence-corrected chi connectivity index (χ1v) is 8.21. The van der Waals surface area contributed by atoms with Gasteiger partial charge in [0.05, 0.1) is 12.1 Å². The standard InChI is InChI=1S/C12H27N3O3S/c1-12(2,10-18-4)14-19(16,17)15-8-6-5-7-11(15)9-13-3/h11,13-14H,5-10H2,1-4H3. The number of hydrogen-bond donors (Lipinski definition) is 2. The molecule has 0 aliphatic carbocycles. The maximum absolute atomic E-state index is 12.5. The number of piperidine rings is 1. The van der Waals surface area contributed by atoms with E-state index in [2.05, 4.69) is 10.0 Å². The van der Waals surface area contributed by atoms with Crippen LogP contribution in [-0.4, -0.2) is 58.2 Å². The van der Waals surface area contributed by atoms with Crippen molar-refractivity contribution in [2.75, 3.05) is 33.9 Å². The Hall–Kier alpha value is -0.210. The highest BCUT2D eigenvalue weighted by Gasteiger charge is 2.35. The molecule has 114 valence electrons. The van der Waals surface area contributed by atoms with Crippen LogP contribution >= 0.6 is 0 Å². The van der Waals surface area contributed by atoms with Gasteiger partial charge >= 0.3 is 0 Å². The highest BCUT2D eigenvalue weighted by molar-refractivity contribution is 7.87. The molecule has 0 aromatic rings. The summed E-state index contributed by atoms with van der Waals surface area (Å²) in [7, 11) is -0.0522. The fourth-order valence-electron chi connectivity index (χ4n) is 2.53. The Morgan fingerprint density at radius 2 is 2.05 bits per heavy atom. The second-order valence-corrected chi connectivity index (χ2v) is 7.37. The minimum absolute atomic E-state index is 0.0367. The van der Waals surface area contributed by atoms with Gasteiger partial charge < -0.3 is 10.1 Å². The molecule has 1 atom stereocenters. The molecule has 19 heavy (non-hydrogen) atoms. The van der Waals surface area contributed by atoms with Crippen molar-refractivity contribution in [3.05, 3.63) is 0 Å². The van der Waals surface area contributed by atoms with Gasteiger partial charge in [-0.05, 0) is 33.7 Å². The minimum atomic E-state index is -3.47. The summed E-state index contributed by atoms with van der Waals surface area (Å²) in [6.45, 7) is 5.27. The lowest BCUT2D eigenvalue weighted by Gasteiger charge is -2.37. The van der Waals surface area contributed by atoms with E-state index >= 15 is 0 Å². The molecular formula is C12H27N3O3S. The summed E-state index contributed by atoms with van der Waals surface area (Å²) in [5, 5.41) is 3.07. The van der Waals surface area contributed by atoms with Crippen LogP contribution in [0.25, 0.3) is 0 Å². The van der Waals surface area contributed by atoms with E-state index in [1.165, 1.54) is 0 Å². The summed E-state index contributed by atoms with van der Waals surface area (Å²) < 4.78 is 34.4. The molecule has 1 fully saturated rings. The quantitative estimate of drug-likeness (QED) is 0.709. The third kappa shape index (κ3) is 5.00. The lowest BCUT2D eigenvalue weighted by molar-refractivity contribution is 0.138. The predicted molar refractivity (Wildman–Crippen MR) is 76.3 cm³/mol. The molecule has 1 aliphatic rings. The second kappa shape index (κ2) is 6.99. The average molecular weight is 293 g/mol. The zero-order valence-corrected chi connectivity index (χ0v) is 13.2. The van der Waals surface area contributed by atoms with Crippen LogP contribution in [0, 0.1) is 0 Å². The third-order valence-corrected chi connectivity index (χ3v) is 5.14. The number of ether oxygens (including phenoxy) is 1. The van der Waals surface area contributed by atoms with E-state index in [1.807, 2.05) is 20.9 Å². The fraction of sp³-hybridized carbons (Fsp3) is 1.00. The number of nitrogens with zero attached hydrogens (tertiary/aromatic N) is 1. The topological polar surface area (TPSA) is 70.7 Å². The molecule has 1 saturated heterocycles. The Morgan fingerprint density at radius 1 is 1.37 bits per heavy atom. The normalized spacial score (nSPS) is 22.6. The second-order valence-electron chi connectivity index (χ2n) is 5.74. The Kier molecular flexibility index (Phi) is 6.19. The summed E-state index contributed by atoms with van der Waals surface area (Å²) in [6, 6.07) is 0.0367. The van der Waals surface area contributed by atoms with Crippen molar-refractivity contribution in [1.29, 1.82) is 0 Å². The Morgan fingerprint density at radius 3 is 2.63 bits per heavy atom. The van der Waals surface area contributed by atoms with Crippen molar-refractivity contribution in [2.45, 2.75) is 44.7 Å². The van der Waals surface area contributed by atoms with E-state index in [1.54, 1.807) is 11.4 Å². The summed E-state index contributed by atoms with van der Waals surface area (Å²) in [4.78, 5) is 0. The van der Waals surface area contributed by atoms with Gasteiger partial charge in [0.1, 0.15) is 0 Å². The summed E-state index contributed by atoms with van der Waals surface area (Å²) in [5.41, 5.74) is -0.602. The van der Waals surface area contributed by atoms with E-state index in [0.717, 1.165) is 19.3 Å². The van der Waals surface area contributed by atoms with Crippen LogP contribution in [0.3, 0.4) is 0 Å². The van der Waals surface area contributed by atoms with E-state index in [-0.39, 0.29) is 6.04 Å². The smallest absolute Gasteiger partial charge is 0.280 e. The zero-order chi connectivity index (χ0) is 14.5. The van der Waals surface area contributed by atoms with Crippen LogP contribution in [0.2, 0.25) is 0 Å². The molecule has 7 heteroatoms. The maximum Gasteiger partial charge on any atom is 0.280 e. The lowest BCUT2D eigenvalue weighted by Crippen LogP contribution is -2.57. The number of nitrogens with one attached hydrogen (secondary N) is 2. The third-order valence-electron chi connectivity index (χ3n) is 3.23. The van der Waals surface area contributed by atoms with E-state index in [4.69, 9.17) is 4.74 Å². The van der Waals surface area contributed by atoms with Crippen molar-refractivity contribution in [1.82, 2.24) is 14.3 Å². The lowest BCUT2D eigenvalue weighted by atomic mass is 10.1. The monoisotopic (exact) mass is 293 g/mol. The predicted octanol–water partition coefficient (Wildman–Crippen LogP) is 0.320. The molecule has 1 rings (SSSR count). The highest BCUT2D eigenvalue weighted by atomic mass is 32.2. The van der Waals surface area contributed by atoms with Gasteiger partial charge in [-0.1, -0.05) is 6.42 Å². The van der Waals surface area contributed by atoms with Gasteiger partial charge in [0, 0.05) is 26.2 Å². The van der Waals surface area contributed by atoms with Crippen LogP contribution in [0.5, 0.6) is 0 Å². The van der Waals surface area contributed by atoms with E-state index in [0.29, 0.717) is 19.7 Å². The first kappa shape index (κ1) is 16.8. The van der Waals surface area contributed by atoms with Crippen molar-refractivity contribution < 1.29 is 13.2 Å². The molecular weight excluding hydrogens is 266 g/mol. The number of rotatable bonds is 7. The molecule has 0 aromatic carbocycles. The van der Waals surface area contributed by atoms with Crippen LogP contribution < -0.4 is 10.0 Å². The van der Waals surface area contributed by atoms with Crippen LogP contribution in [-0.2, 0) is 14.9 Å². The van der Waals surface area contributed by atoms with Gasteiger partial charge in [-0.15, -0.1) is 0 Å². The van der Waals surface area contributed by atoms with Gasteiger partial charge in [-0.25, -0.2) is 0 Å². The largest absolute Gasteiger partial charge is 0.383 e. The molecule has 0 bridgehead atoms. The minimum Gasteiger partial charge on any atom is -0.383 e. The SMILES string of the molecule is CNCC1CCCCN1S(=O)(=O)NC(C)(C)COC. The molecule has 0 saturated carbocycles. The number of hydrogen-bond acceptors (Lipinski definition) is 4. The zero-order valence-electron chi connectivity index (χ0n) is 12.4. The molecule has 2 N–H and O–H groups in total. The van der Waals surface area contributed by atoms with Gasteiger partial charge in [0.2, 0.25) is 0 Å². The molecule has 1 aliphatic heterocycles. The van der Waals surface area contributed by atoms with Crippen molar-refractivity contribution in [3.63, 3.8) is 0 Å². The van der Waals surface area contributed by atoms with E-state index in [9.17, 15) is 8.42 Å². The highest BCUT2D eigenvalue weighted by Crippen LogP contribution is 2.20. The van der Waals surface area contributed by atoms with Gasteiger partial charge in [0.15, 0.2) is 0 Å². The van der Waals surface area contributed by atoms with Gasteiger partial charge in [-0.2, -0.15) is 17.4 Å². The molecule has 6 nitrogen and oxygen atoms in total. The fourth-order valence-corrected chi connectivity index (χ4v) is 4.34. The molecule has 0 spiro atoms. The van der Waals surface area contributed by atoms with Crippen molar-refractivity contribution in [3.8, 4) is 0 Å². The van der Waals surface area contributed by atoms with Crippen molar-refractivity contribution in [2.24, 2.45) is 0 Å². The van der Waals surface area contributed by atoms with E-state index < -0.39 is 15.7 Å². The molecule has 1 unspecified atom stereocenters. The van der Waals surface area contributed by atoms with Gasteiger partial charge in [0.25, 0.3) is 10.2 Å². The van der Waals surface area contributed by atoms with Crippen LogP contribution in [0.15, 0.2) is 0 Å². The number of methoxy groups -OCH3 is 1. The number of likely N-dealkylation sites (N-methyl/N-ethyl adjacent to an activating group) is 1. The molecule has 0 amide bonds. The Balaban J connectivity index is 2.79. The average Bonchev–Trinajstić information content (AvgIpc) is 2.28. The summed E-state index contributed by atoms with van der Waals surface area (Å²) in [5.74, 6) is 0. The first-order chi connectivity index (χ1) is 8.82. The summed E-state index contributed by atoms with van der Waals surface area (Å²) >= 11 is 0. The molecule has 0 radical (unpaired) electrons. The van der Waals surface area contributed by atoms with Crippen LogP contribution in [0.1, 0.15) is 33.1 Å². The molecule has 1 heterocycles. The van der Waals surface area contributed by atoms with Gasteiger partial charge in [-0.3, -0.25) is 0 Å². The summed E-state index contributed by atoms with van der Waals surface area (Å²) in [6.07, 6.45) is 2.91.